The molecule has 0 aliphatic rings. The van der Waals surface area contributed by atoms with Crippen LogP contribution in [0.15, 0.2) is 0 Å². The number of rotatable bonds is 6. The van der Waals surface area contributed by atoms with Crippen LogP contribution in [0.3, 0.4) is 0 Å². The third-order valence-corrected chi connectivity index (χ3v) is 3.31. The molecule has 0 spiro atoms. The summed E-state index contributed by atoms with van der Waals surface area (Å²) in [6.07, 6.45) is 1.78. The summed E-state index contributed by atoms with van der Waals surface area (Å²) in [7, 11) is -1.31. The van der Waals surface area contributed by atoms with Crippen molar-refractivity contribution < 1.29 is 14.1 Å². The Morgan fingerprint density at radius 1 is 1.62 bits per heavy atom. The number of nitrogens with zero attached hydrogens (tertiary/aromatic N) is 1. The minimum Gasteiger partial charge on any atom is -0.480 e. The van der Waals surface area contributed by atoms with Gasteiger partial charge in [0.25, 0.3) is 0 Å². The second-order valence-corrected chi connectivity index (χ2v) is 4.56. The van der Waals surface area contributed by atoms with Crippen molar-refractivity contribution in [2.24, 2.45) is 0 Å². The van der Waals surface area contributed by atoms with Crippen molar-refractivity contribution in [1.82, 2.24) is 0 Å². The van der Waals surface area contributed by atoms with Gasteiger partial charge in [0.15, 0.2) is 0 Å². The molecule has 2 unspecified atom stereocenters. The third kappa shape index (κ3) is 5.36. The van der Waals surface area contributed by atoms with Gasteiger partial charge in [-0.05, 0) is 19.8 Å². The topological polar surface area (TPSA) is 78.2 Å². The summed E-state index contributed by atoms with van der Waals surface area (Å²) in [6, 6.07) is 1.98. The standard InChI is InChI=1S/C8H13NO3S/c1-7(8(10)11)13(12)6-4-2-3-5-9/h7H,2-4,6H2,1H3,(H,10,11). The Balaban J connectivity index is 3.64. The maximum Gasteiger partial charge on any atom is 0.318 e. The lowest BCUT2D eigenvalue weighted by molar-refractivity contribution is -0.136. The summed E-state index contributed by atoms with van der Waals surface area (Å²) < 4.78 is 11.2. The summed E-state index contributed by atoms with van der Waals surface area (Å²) in [5.41, 5.74) is 0. The smallest absolute Gasteiger partial charge is 0.318 e. The summed E-state index contributed by atoms with van der Waals surface area (Å²) in [6.45, 7) is 1.43. The lowest BCUT2D eigenvalue weighted by atomic mass is 10.3. The van der Waals surface area contributed by atoms with Gasteiger partial charge in [0.2, 0.25) is 0 Å². The lowest BCUT2D eigenvalue weighted by Crippen LogP contribution is -2.23. The summed E-state index contributed by atoms with van der Waals surface area (Å²) in [5.74, 6) is -0.659. The normalized spacial score (nSPS) is 14.5. The molecule has 1 N–H and O–H groups in total. The molecule has 13 heavy (non-hydrogen) atoms. The van der Waals surface area contributed by atoms with E-state index < -0.39 is 22.0 Å². The van der Waals surface area contributed by atoms with Gasteiger partial charge in [-0.3, -0.25) is 9.00 Å². The predicted octanol–water partition coefficient (Wildman–Crippen LogP) is 0.902. The van der Waals surface area contributed by atoms with Gasteiger partial charge in [-0.25, -0.2) is 0 Å². The monoisotopic (exact) mass is 203 g/mol. The van der Waals surface area contributed by atoms with E-state index >= 15 is 0 Å². The molecular formula is C8H13NO3S. The molecule has 0 aliphatic carbocycles. The molecular weight excluding hydrogens is 190 g/mol. The molecule has 0 aromatic heterocycles. The van der Waals surface area contributed by atoms with Crippen molar-refractivity contribution in [3.8, 4) is 6.07 Å². The molecule has 0 bridgehead atoms. The number of nitriles is 1. The SMILES string of the molecule is CC(C(=O)O)S(=O)CCCCC#N. The molecule has 0 saturated heterocycles. The van der Waals surface area contributed by atoms with E-state index in [4.69, 9.17) is 10.4 Å². The van der Waals surface area contributed by atoms with Crippen LogP contribution in [0, 0.1) is 11.3 Å². The Morgan fingerprint density at radius 2 is 2.23 bits per heavy atom. The zero-order valence-electron chi connectivity index (χ0n) is 7.52. The van der Waals surface area contributed by atoms with E-state index in [1.807, 2.05) is 6.07 Å². The van der Waals surface area contributed by atoms with Crippen molar-refractivity contribution in [1.29, 1.82) is 5.26 Å². The number of carboxylic acid groups (broad SMARTS) is 1. The van der Waals surface area contributed by atoms with E-state index in [0.717, 1.165) is 0 Å². The Morgan fingerprint density at radius 3 is 2.69 bits per heavy atom. The minimum absolute atomic E-state index is 0.370. The van der Waals surface area contributed by atoms with Gasteiger partial charge in [0, 0.05) is 23.0 Å². The highest BCUT2D eigenvalue weighted by Gasteiger charge is 2.17. The van der Waals surface area contributed by atoms with Crippen molar-refractivity contribution in [2.45, 2.75) is 31.4 Å². The van der Waals surface area contributed by atoms with Crippen LogP contribution in [0.25, 0.3) is 0 Å². The first kappa shape index (κ1) is 12.1. The summed E-state index contributed by atoms with van der Waals surface area (Å²) in [4.78, 5) is 10.4. The van der Waals surface area contributed by atoms with Crippen molar-refractivity contribution >= 4 is 16.8 Å². The van der Waals surface area contributed by atoms with Crippen LogP contribution in [-0.4, -0.2) is 26.3 Å². The quantitative estimate of drug-likeness (QED) is 0.650. The fraction of sp³-hybridized carbons (Fsp3) is 0.750. The first-order valence-corrected chi connectivity index (χ1v) is 5.44. The molecule has 0 heterocycles. The van der Waals surface area contributed by atoms with Crippen LogP contribution in [0.2, 0.25) is 0 Å². The first-order chi connectivity index (χ1) is 6.09. The summed E-state index contributed by atoms with van der Waals surface area (Å²) >= 11 is 0. The number of hydrogen-bond acceptors (Lipinski definition) is 3. The largest absolute Gasteiger partial charge is 0.480 e. The van der Waals surface area contributed by atoms with Gasteiger partial charge < -0.3 is 5.11 Å². The van der Waals surface area contributed by atoms with Gasteiger partial charge in [0.05, 0.1) is 6.07 Å². The molecule has 0 saturated carbocycles. The molecule has 74 valence electrons. The van der Waals surface area contributed by atoms with E-state index in [1.165, 1.54) is 6.92 Å². The van der Waals surface area contributed by atoms with Crippen LogP contribution < -0.4 is 0 Å². The van der Waals surface area contributed by atoms with Crippen LogP contribution in [-0.2, 0) is 15.6 Å². The Labute approximate surface area is 80.0 Å². The van der Waals surface area contributed by atoms with Crippen LogP contribution >= 0.6 is 0 Å². The zero-order chi connectivity index (χ0) is 10.3. The Hall–Kier alpha value is -0.890. The second kappa shape index (κ2) is 6.61. The number of carbonyl (C=O) groups is 1. The van der Waals surface area contributed by atoms with E-state index in [-0.39, 0.29) is 0 Å². The molecule has 5 heteroatoms. The zero-order valence-corrected chi connectivity index (χ0v) is 8.34. The molecule has 0 rings (SSSR count). The average Bonchev–Trinajstić information content (AvgIpc) is 2.10. The minimum atomic E-state index is -1.31. The number of aliphatic carboxylic acids is 1. The molecule has 2 atom stereocenters. The summed E-state index contributed by atoms with van der Waals surface area (Å²) in [5, 5.41) is 15.9. The van der Waals surface area contributed by atoms with E-state index in [9.17, 15) is 9.00 Å². The van der Waals surface area contributed by atoms with Gasteiger partial charge >= 0.3 is 5.97 Å². The Kier molecular flexibility index (Phi) is 6.15. The van der Waals surface area contributed by atoms with E-state index in [0.29, 0.717) is 25.0 Å². The van der Waals surface area contributed by atoms with Crippen LogP contribution in [0.5, 0.6) is 0 Å². The highest BCUT2D eigenvalue weighted by atomic mass is 32.2. The second-order valence-electron chi connectivity index (χ2n) is 2.68. The van der Waals surface area contributed by atoms with Crippen LogP contribution in [0.1, 0.15) is 26.2 Å². The number of carboxylic acids is 1. The van der Waals surface area contributed by atoms with Gasteiger partial charge in [-0.1, -0.05) is 0 Å². The Bertz CT molecular complexity index is 234. The average molecular weight is 203 g/mol. The highest BCUT2D eigenvalue weighted by molar-refractivity contribution is 7.86. The predicted molar refractivity (Wildman–Crippen MR) is 49.6 cm³/mol. The maximum atomic E-state index is 11.2. The van der Waals surface area contributed by atoms with Gasteiger partial charge in [0.1, 0.15) is 5.25 Å². The number of hydrogen-bond donors (Lipinski definition) is 1. The fourth-order valence-electron chi connectivity index (χ4n) is 0.738. The molecule has 0 aromatic carbocycles. The molecule has 0 aliphatic heterocycles. The van der Waals surface area contributed by atoms with Crippen LogP contribution in [0.4, 0.5) is 0 Å². The molecule has 0 radical (unpaired) electrons. The maximum absolute atomic E-state index is 11.2. The van der Waals surface area contributed by atoms with Crippen molar-refractivity contribution in [3.05, 3.63) is 0 Å². The number of unbranched alkanes of at least 4 members (excludes halogenated alkanes) is 2. The van der Waals surface area contributed by atoms with Gasteiger partial charge in [-0.15, -0.1) is 0 Å². The van der Waals surface area contributed by atoms with Crippen molar-refractivity contribution in [3.63, 3.8) is 0 Å². The van der Waals surface area contributed by atoms with Crippen molar-refractivity contribution in [2.75, 3.05) is 5.75 Å². The molecule has 0 amide bonds. The first-order valence-electron chi connectivity index (χ1n) is 4.06. The van der Waals surface area contributed by atoms with E-state index in [1.54, 1.807) is 0 Å². The molecule has 0 aromatic rings. The third-order valence-electron chi connectivity index (χ3n) is 1.63. The van der Waals surface area contributed by atoms with Gasteiger partial charge in [-0.2, -0.15) is 5.26 Å². The highest BCUT2D eigenvalue weighted by Crippen LogP contribution is 2.02. The fourth-order valence-corrected chi connectivity index (χ4v) is 1.80. The molecule has 4 nitrogen and oxygen atoms in total. The molecule has 0 fully saturated rings. The van der Waals surface area contributed by atoms with E-state index in [2.05, 4.69) is 0 Å². The lowest BCUT2D eigenvalue weighted by Gasteiger charge is -2.04.